The van der Waals surface area contributed by atoms with Crippen LogP contribution in [-0.4, -0.2) is 34.7 Å². The van der Waals surface area contributed by atoms with Gasteiger partial charge in [-0.05, 0) is 6.07 Å². The minimum absolute atomic E-state index is 0.00743. The summed E-state index contributed by atoms with van der Waals surface area (Å²) in [5.41, 5.74) is -0.0497. The molecule has 0 atom stereocenters. The Kier molecular flexibility index (Phi) is 4.41. The highest BCUT2D eigenvalue weighted by Crippen LogP contribution is 2.15. The van der Waals surface area contributed by atoms with Crippen LogP contribution in [0.2, 0.25) is 0 Å². The normalized spacial score (nSPS) is 9.81. The second kappa shape index (κ2) is 5.82. The van der Waals surface area contributed by atoms with E-state index in [1.165, 1.54) is 12.3 Å². The molecule has 86 valence electrons. The highest BCUT2D eigenvalue weighted by Gasteiger charge is 2.09. The summed E-state index contributed by atoms with van der Waals surface area (Å²) >= 11 is 0. The fourth-order valence-corrected chi connectivity index (χ4v) is 1.25. The number of hydrogen-bond acceptors (Lipinski definition) is 5. The van der Waals surface area contributed by atoms with Crippen molar-refractivity contribution >= 4 is 11.5 Å². The molecule has 0 aromatic carbocycles. The standard InChI is InChI=1S/C10H13N3O3/c1-2-5-12(6-7-14)10-4-3-9(8-11-10)13(15)16/h2-4,8,14H,1,5-7H2. The Bertz CT molecular complexity index is 364. The quantitative estimate of drug-likeness (QED) is 0.441. The van der Waals surface area contributed by atoms with E-state index in [9.17, 15) is 10.1 Å². The molecular weight excluding hydrogens is 210 g/mol. The summed E-state index contributed by atoms with van der Waals surface area (Å²) in [6.45, 7) is 4.53. The second-order valence-corrected chi connectivity index (χ2v) is 3.09. The maximum atomic E-state index is 10.4. The monoisotopic (exact) mass is 223 g/mol. The van der Waals surface area contributed by atoms with Crippen molar-refractivity contribution in [2.45, 2.75) is 0 Å². The van der Waals surface area contributed by atoms with Crippen molar-refractivity contribution in [2.75, 3.05) is 24.6 Å². The van der Waals surface area contributed by atoms with Gasteiger partial charge in [-0.25, -0.2) is 4.98 Å². The Morgan fingerprint density at radius 2 is 2.38 bits per heavy atom. The van der Waals surface area contributed by atoms with Gasteiger partial charge in [-0.3, -0.25) is 10.1 Å². The van der Waals surface area contributed by atoms with Gasteiger partial charge in [0.15, 0.2) is 0 Å². The number of hydrogen-bond donors (Lipinski definition) is 1. The third kappa shape index (κ3) is 3.03. The molecule has 0 aliphatic carbocycles. The average molecular weight is 223 g/mol. The third-order valence-electron chi connectivity index (χ3n) is 1.99. The summed E-state index contributed by atoms with van der Waals surface area (Å²) < 4.78 is 0. The predicted octanol–water partition coefficient (Wildman–Crippen LogP) is 0.974. The first kappa shape index (κ1) is 12.1. The van der Waals surface area contributed by atoms with Crippen molar-refractivity contribution in [3.63, 3.8) is 0 Å². The maximum absolute atomic E-state index is 10.4. The number of nitro groups is 1. The van der Waals surface area contributed by atoms with Gasteiger partial charge in [-0.1, -0.05) is 6.08 Å². The topological polar surface area (TPSA) is 79.5 Å². The smallest absolute Gasteiger partial charge is 0.287 e. The number of aromatic nitrogens is 1. The van der Waals surface area contributed by atoms with E-state index < -0.39 is 4.92 Å². The molecule has 0 unspecified atom stereocenters. The zero-order valence-corrected chi connectivity index (χ0v) is 8.74. The van der Waals surface area contributed by atoms with E-state index in [1.54, 1.807) is 17.0 Å². The van der Waals surface area contributed by atoms with Crippen LogP contribution < -0.4 is 4.90 Å². The van der Waals surface area contributed by atoms with Gasteiger partial charge in [-0.15, -0.1) is 6.58 Å². The number of pyridine rings is 1. The second-order valence-electron chi connectivity index (χ2n) is 3.09. The number of anilines is 1. The third-order valence-corrected chi connectivity index (χ3v) is 1.99. The van der Waals surface area contributed by atoms with E-state index in [-0.39, 0.29) is 12.3 Å². The van der Waals surface area contributed by atoms with Crippen molar-refractivity contribution in [3.05, 3.63) is 41.1 Å². The van der Waals surface area contributed by atoms with E-state index in [4.69, 9.17) is 5.11 Å². The molecule has 6 nitrogen and oxygen atoms in total. The largest absolute Gasteiger partial charge is 0.395 e. The molecule has 0 aliphatic rings. The van der Waals surface area contributed by atoms with E-state index in [0.717, 1.165) is 0 Å². The van der Waals surface area contributed by atoms with Crippen molar-refractivity contribution in [1.82, 2.24) is 4.98 Å². The molecule has 0 aliphatic heterocycles. The lowest BCUT2D eigenvalue weighted by atomic mass is 10.3. The Morgan fingerprint density at radius 3 is 2.81 bits per heavy atom. The molecule has 16 heavy (non-hydrogen) atoms. The molecule has 1 aromatic heterocycles. The van der Waals surface area contributed by atoms with Crippen LogP contribution in [-0.2, 0) is 0 Å². The lowest BCUT2D eigenvalue weighted by Crippen LogP contribution is -2.27. The van der Waals surface area contributed by atoms with Crippen molar-refractivity contribution < 1.29 is 10.0 Å². The van der Waals surface area contributed by atoms with E-state index in [1.807, 2.05) is 0 Å². The summed E-state index contributed by atoms with van der Waals surface area (Å²) in [5.74, 6) is 0.583. The van der Waals surface area contributed by atoms with Gasteiger partial charge in [0.2, 0.25) is 0 Å². The van der Waals surface area contributed by atoms with Crippen LogP contribution >= 0.6 is 0 Å². The zero-order chi connectivity index (χ0) is 12.0. The fourth-order valence-electron chi connectivity index (χ4n) is 1.25. The molecule has 0 spiro atoms. The first-order valence-electron chi connectivity index (χ1n) is 4.76. The lowest BCUT2D eigenvalue weighted by molar-refractivity contribution is -0.385. The number of aliphatic hydroxyl groups is 1. The van der Waals surface area contributed by atoms with Gasteiger partial charge in [0.25, 0.3) is 5.69 Å². The van der Waals surface area contributed by atoms with E-state index in [0.29, 0.717) is 18.9 Å². The lowest BCUT2D eigenvalue weighted by Gasteiger charge is -2.20. The van der Waals surface area contributed by atoms with E-state index in [2.05, 4.69) is 11.6 Å². The Hall–Kier alpha value is -1.95. The molecule has 1 rings (SSSR count). The van der Waals surface area contributed by atoms with Crippen LogP contribution in [0.25, 0.3) is 0 Å². The molecule has 0 saturated carbocycles. The van der Waals surface area contributed by atoms with Crippen LogP contribution in [0, 0.1) is 10.1 Å². The van der Waals surface area contributed by atoms with Gasteiger partial charge in [-0.2, -0.15) is 0 Å². The molecule has 0 saturated heterocycles. The molecule has 0 amide bonds. The molecule has 1 aromatic rings. The minimum atomic E-state index is -0.499. The average Bonchev–Trinajstić information content (AvgIpc) is 2.29. The number of aliphatic hydroxyl groups excluding tert-OH is 1. The van der Waals surface area contributed by atoms with Gasteiger partial charge < -0.3 is 10.0 Å². The van der Waals surface area contributed by atoms with Crippen LogP contribution in [0.3, 0.4) is 0 Å². The molecular formula is C10H13N3O3. The fraction of sp³-hybridized carbons (Fsp3) is 0.300. The van der Waals surface area contributed by atoms with Gasteiger partial charge in [0.1, 0.15) is 12.0 Å². The Balaban J connectivity index is 2.84. The molecule has 1 N–H and O–H groups in total. The summed E-state index contributed by atoms with van der Waals surface area (Å²) in [4.78, 5) is 15.7. The molecule has 6 heteroatoms. The Morgan fingerprint density at radius 1 is 1.62 bits per heavy atom. The molecule has 1 heterocycles. The first-order chi connectivity index (χ1) is 7.69. The van der Waals surface area contributed by atoms with Crippen LogP contribution in [0.4, 0.5) is 11.5 Å². The SMILES string of the molecule is C=CCN(CCO)c1ccc([N+](=O)[O-])cn1. The highest BCUT2D eigenvalue weighted by molar-refractivity contribution is 5.43. The highest BCUT2D eigenvalue weighted by atomic mass is 16.6. The summed E-state index contributed by atoms with van der Waals surface area (Å²) in [6.07, 6.45) is 2.88. The summed E-state index contributed by atoms with van der Waals surface area (Å²) in [5, 5.41) is 19.3. The van der Waals surface area contributed by atoms with Gasteiger partial charge >= 0.3 is 0 Å². The van der Waals surface area contributed by atoms with Crippen LogP contribution in [0.5, 0.6) is 0 Å². The van der Waals surface area contributed by atoms with E-state index >= 15 is 0 Å². The predicted molar refractivity (Wildman–Crippen MR) is 60.4 cm³/mol. The summed E-state index contributed by atoms with van der Waals surface area (Å²) in [6, 6.07) is 2.94. The van der Waals surface area contributed by atoms with Gasteiger partial charge in [0.05, 0.1) is 11.5 Å². The van der Waals surface area contributed by atoms with Crippen LogP contribution in [0.15, 0.2) is 31.0 Å². The van der Waals surface area contributed by atoms with Crippen molar-refractivity contribution in [3.8, 4) is 0 Å². The molecule has 0 fully saturated rings. The number of nitrogens with zero attached hydrogens (tertiary/aromatic N) is 3. The summed E-state index contributed by atoms with van der Waals surface area (Å²) in [7, 11) is 0. The Labute approximate surface area is 93.0 Å². The first-order valence-corrected chi connectivity index (χ1v) is 4.76. The maximum Gasteiger partial charge on any atom is 0.287 e. The minimum Gasteiger partial charge on any atom is -0.395 e. The van der Waals surface area contributed by atoms with Crippen LogP contribution in [0.1, 0.15) is 0 Å². The zero-order valence-electron chi connectivity index (χ0n) is 8.74. The van der Waals surface area contributed by atoms with Crippen molar-refractivity contribution in [2.24, 2.45) is 0 Å². The van der Waals surface area contributed by atoms with Gasteiger partial charge in [0, 0.05) is 19.2 Å². The van der Waals surface area contributed by atoms with Crippen molar-refractivity contribution in [1.29, 1.82) is 0 Å². The number of rotatable bonds is 6. The molecule has 0 radical (unpaired) electrons. The molecule has 0 bridgehead atoms.